The predicted octanol–water partition coefficient (Wildman–Crippen LogP) is 2.16. The maximum atomic E-state index is 11.6. The molecular formula is C15H18N4O2S. The molecule has 6 nitrogen and oxygen atoms in total. The Hall–Kier alpha value is -1.86. The fourth-order valence-electron chi connectivity index (χ4n) is 3.29. The first kappa shape index (κ1) is 13.8. The normalized spacial score (nSPS) is 25.3. The first-order valence-corrected chi connectivity index (χ1v) is 8.20. The number of amides is 1. The van der Waals surface area contributed by atoms with Gasteiger partial charge in [0.1, 0.15) is 5.60 Å². The summed E-state index contributed by atoms with van der Waals surface area (Å²) in [5.41, 5.74) is 0.760. The smallest absolute Gasteiger partial charge is 0.410 e. The van der Waals surface area contributed by atoms with E-state index in [1.807, 2.05) is 6.07 Å². The van der Waals surface area contributed by atoms with Crippen molar-refractivity contribution in [1.82, 2.24) is 20.0 Å². The molecule has 0 aromatic carbocycles. The molecular weight excluding hydrogens is 300 g/mol. The molecule has 2 saturated heterocycles. The zero-order valence-corrected chi connectivity index (χ0v) is 13.2. The topological polar surface area (TPSA) is 61.5 Å². The lowest BCUT2D eigenvalue weighted by Crippen LogP contribution is -2.36. The third-order valence-electron chi connectivity index (χ3n) is 4.34. The third-order valence-corrected chi connectivity index (χ3v) is 5.45. The molecule has 2 aromatic heterocycles. The van der Waals surface area contributed by atoms with Crippen LogP contribution in [-0.2, 0) is 11.3 Å². The van der Waals surface area contributed by atoms with Gasteiger partial charge in [-0.1, -0.05) is 0 Å². The van der Waals surface area contributed by atoms with Crippen molar-refractivity contribution >= 4 is 17.4 Å². The fourth-order valence-corrected chi connectivity index (χ4v) is 4.31. The summed E-state index contributed by atoms with van der Waals surface area (Å²) in [6, 6.07) is 6.27. The van der Waals surface area contributed by atoms with Crippen molar-refractivity contribution < 1.29 is 9.53 Å². The lowest BCUT2D eigenvalue weighted by Gasteiger charge is -2.21. The summed E-state index contributed by atoms with van der Waals surface area (Å²) in [5.74, 6) is 0. The van der Waals surface area contributed by atoms with Gasteiger partial charge < -0.3 is 9.64 Å². The second kappa shape index (κ2) is 5.10. The average Bonchev–Trinajstić information content (AvgIpc) is 3.22. The Morgan fingerprint density at radius 3 is 3.05 bits per heavy atom. The van der Waals surface area contributed by atoms with Crippen molar-refractivity contribution in [3.8, 4) is 10.6 Å². The number of aromatic amines is 1. The molecule has 2 fully saturated rings. The van der Waals surface area contributed by atoms with E-state index in [9.17, 15) is 4.79 Å². The number of aromatic nitrogens is 2. The Balaban J connectivity index is 1.42. The third kappa shape index (κ3) is 2.40. The Morgan fingerprint density at radius 1 is 1.41 bits per heavy atom. The molecule has 1 spiro atoms. The number of hydrogen-bond acceptors (Lipinski definition) is 5. The highest BCUT2D eigenvalue weighted by molar-refractivity contribution is 7.15. The van der Waals surface area contributed by atoms with Crippen LogP contribution in [0.15, 0.2) is 24.4 Å². The van der Waals surface area contributed by atoms with Gasteiger partial charge in [-0.05, 0) is 18.2 Å². The van der Waals surface area contributed by atoms with Crippen molar-refractivity contribution in [3.05, 3.63) is 29.3 Å². The monoisotopic (exact) mass is 318 g/mol. The molecule has 7 heteroatoms. The predicted molar refractivity (Wildman–Crippen MR) is 83.6 cm³/mol. The largest absolute Gasteiger partial charge is 0.439 e. The summed E-state index contributed by atoms with van der Waals surface area (Å²) < 4.78 is 5.59. The van der Waals surface area contributed by atoms with Crippen LogP contribution in [0.4, 0.5) is 4.79 Å². The van der Waals surface area contributed by atoms with Gasteiger partial charge in [0.2, 0.25) is 0 Å². The number of nitrogens with one attached hydrogen (secondary N) is 1. The summed E-state index contributed by atoms with van der Waals surface area (Å²) in [5, 5.41) is 6.99. The van der Waals surface area contributed by atoms with Crippen LogP contribution in [0, 0.1) is 0 Å². The fraction of sp³-hybridized carbons (Fsp3) is 0.467. The highest BCUT2D eigenvalue weighted by Gasteiger charge is 2.48. The van der Waals surface area contributed by atoms with Gasteiger partial charge in [0, 0.05) is 44.2 Å². The zero-order valence-electron chi connectivity index (χ0n) is 12.4. The first-order chi connectivity index (χ1) is 10.6. The number of hydrogen-bond donors (Lipinski definition) is 1. The lowest BCUT2D eigenvalue weighted by molar-refractivity contribution is 0.0628. The number of carbonyl (C=O) groups is 1. The number of likely N-dealkylation sites (N-methyl/N-ethyl adjacent to an activating group) is 1. The van der Waals surface area contributed by atoms with E-state index < -0.39 is 0 Å². The van der Waals surface area contributed by atoms with Gasteiger partial charge in [0.05, 0.1) is 17.1 Å². The van der Waals surface area contributed by atoms with Crippen LogP contribution < -0.4 is 0 Å². The molecule has 1 atom stereocenters. The molecule has 0 aliphatic carbocycles. The van der Waals surface area contributed by atoms with Crippen LogP contribution in [0.5, 0.6) is 0 Å². The molecule has 0 saturated carbocycles. The molecule has 2 aliphatic rings. The van der Waals surface area contributed by atoms with Crippen molar-refractivity contribution in [1.29, 1.82) is 0 Å². The average molecular weight is 318 g/mol. The molecule has 0 bridgehead atoms. The van der Waals surface area contributed by atoms with E-state index >= 15 is 0 Å². The van der Waals surface area contributed by atoms with Crippen LogP contribution in [0.3, 0.4) is 0 Å². The molecule has 4 heterocycles. The van der Waals surface area contributed by atoms with Crippen molar-refractivity contribution in [2.45, 2.75) is 18.6 Å². The summed E-state index contributed by atoms with van der Waals surface area (Å²) in [6.07, 6.45) is 2.49. The minimum absolute atomic E-state index is 0.195. The number of thiophene rings is 1. The summed E-state index contributed by atoms with van der Waals surface area (Å²) in [6.45, 7) is 3.40. The van der Waals surface area contributed by atoms with Gasteiger partial charge >= 0.3 is 6.09 Å². The zero-order chi connectivity index (χ0) is 15.2. The Morgan fingerprint density at radius 2 is 2.32 bits per heavy atom. The maximum Gasteiger partial charge on any atom is 0.410 e. The van der Waals surface area contributed by atoms with E-state index in [1.54, 1.807) is 29.5 Å². The summed E-state index contributed by atoms with van der Waals surface area (Å²) >= 11 is 1.78. The Kier molecular flexibility index (Phi) is 3.19. The van der Waals surface area contributed by atoms with Crippen molar-refractivity contribution in [2.24, 2.45) is 0 Å². The number of rotatable bonds is 3. The highest BCUT2D eigenvalue weighted by Crippen LogP contribution is 2.34. The number of carbonyl (C=O) groups excluding carboxylic acids is 1. The van der Waals surface area contributed by atoms with E-state index in [1.165, 1.54) is 9.75 Å². The van der Waals surface area contributed by atoms with E-state index in [-0.39, 0.29) is 11.7 Å². The Bertz CT molecular complexity index is 684. The molecule has 0 unspecified atom stereocenters. The van der Waals surface area contributed by atoms with E-state index in [0.29, 0.717) is 6.54 Å². The second-order valence-electron chi connectivity index (χ2n) is 6.10. The van der Waals surface area contributed by atoms with E-state index in [0.717, 1.165) is 31.7 Å². The minimum atomic E-state index is -0.296. The van der Waals surface area contributed by atoms with Crippen LogP contribution in [0.1, 0.15) is 11.3 Å². The van der Waals surface area contributed by atoms with Gasteiger partial charge in [0.25, 0.3) is 0 Å². The number of H-pyrrole nitrogens is 1. The number of ether oxygens (including phenoxy) is 1. The summed E-state index contributed by atoms with van der Waals surface area (Å²) in [4.78, 5) is 18.2. The number of likely N-dealkylation sites (tertiary alicyclic amines) is 1. The van der Waals surface area contributed by atoms with Gasteiger partial charge in [-0.2, -0.15) is 5.10 Å². The lowest BCUT2D eigenvalue weighted by atomic mass is 10.0. The van der Waals surface area contributed by atoms with Crippen LogP contribution in [0.25, 0.3) is 10.6 Å². The molecule has 22 heavy (non-hydrogen) atoms. The number of nitrogens with zero attached hydrogens (tertiary/aromatic N) is 3. The standard InChI is InChI=1S/C15H18N4O2S/c1-18-9-15(21-14(18)20)5-7-19(10-15)8-11-2-3-13(22-11)12-4-6-16-17-12/h2-4,6H,5,7-10H2,1H3,(H,16,17)/t15-/m0/s1. The SMILES string of the molecule is CN1C[C@]2(CCN(Cc3ccc(-c4ccn[nH]4)s3)C2)OC1=O. The maximum absolute atomic E-state index is 11.6. The van der Waals surface area contributed by atoms with Gasteiger partial charge in [-0.3, -0.25) is 10.00 Å². The van der Waals surface area contributed by atoms with Gasteiger partial charge in [-0.25, -0.2) is 4.79 Å². The molecule has 0 radical (unpaired) electrons. The quantitative estimate of drug-likeness (QED) is 0.942. The molecule has 2 aliphatic heterocycles. The van der Waals surface area contributed by atoms with Crippen molar-refractivity contribution in [2.75, 3.05) is 26.7 Å². The van der Waals surface area contributed by atoms with E-state index in [4.69, 9.17) is 4.74 Å². The van der Waals surface area contributed by atoms with Gasteiger partial charge in [0.15, 0.2) is 0 Å². The molecule has 2 aromatic rings. The van der Waals surface area contributed by atoms with Crippen LogP contribution in [-0.4, -0.2) is 58.4 Å². The molecule has 4 rings (SSSR count). The second-order valence-corrected chi connectivity index (χ2v) is 7.27. The first-order valence-electron chi connectivity index (χ1n) is 7.39. The Labute approximate surface area is 132 Å². The van der Waals surface area contributed by atoms with Crippen LogP contribution in [0.2, 0.25) is 0 Å². The molecule has 116 valence electrons. The van der Waals surface area contributed by atoms with E-state index in [2.05, 4.69) is 27.2 Å². The molecule has 1 N–H and O–H groups in total. The van der Waals surface area contributed by atoms with Crippen molar-refractivity contribution in [3.63, 3.8) is 0 Å². The minimum Gasteiger partial charge on any atom is -0.439 e. The summed E-state index contributed by atoms with van der Waals surface area (Å²) in [7, 11) is 1.80. The van der Waals surface area contributed by atoms with Crippen LogP contribution >= 0.6 is 11.3 Å². The molecule has 1 amide bonds. The highest BCUT2D eigenvalue weighted by atomic mass is 32.1. The van der Waals surface area contributed by atoms with Gasteiger partial charge in [-0.15, -0.1) is 11.3 Å².